The van der Waals surface area contributed by atoms with E-state index in [0.29, 0.717) is 5.56 Å². The minimum Gasteiger partial charge on any atom is -0.345 e. The van der Waals surface area contributed by atoms with Crippen LogP contribution in [0.15, 0.2) is 41.8 Å². The van der Waals surface area contributed by atoms with E-state index in [1.54, 1.807) is 11.3 Å². The van der Waals surface area contributed by atoms with Gasteiger partial charge in [-0.25, -0.2) is 0 Å². The van der Waals surface area contributed by atoms with Crippen molar-refractivity contribution in [2.45, 2.75) is 18.3 Å². The lowest BCUT2D eigenvalue weighted by Crippen LogP contribution is -2.26. The summed E-state index contributed by atoms with van der Waals surface area (Å²) in [4.78, 5) is 13.2. The van der Waals surface area contributed by atoms with Crippen LogP contribution in [0.2, 0.25) is 0 Å². The number of nitrogens with one attached hydrogen (secondary N) is 1. The van der Waals surface area contributed by atoms with Gasteiger partial charge in [-0.1, -0.05) is 34.1 Å². The highest BCUT2D eigenvalue weighted by molar-refractivity contribution is 9.08. The normalized spacial score (nSPS) is 12.1. The predicted molar refractivity (Wildman–Crippen MR) is 79.3 cm³/mol. The quantitative estimate of drug-likeness (QED) is 0.842. The molecule has 0 saturated carbocycles. The lowest BCUT2D eigenvalue weighted by molar-refractivity contribution is 0.0940. The van der Waals surface area contributed by atoms with E-state index < -0.39 is 0 Å². The molecule has 4 heteroatoms. The van der Waals surface area contributed by atoms with Crippen molar-refractivity contribution in [1.82, 2.24) is 5.32 Å². The standard InChI is InChI=1S/C14H14BrNOS/c1-10(13-3-2-8-18-13)16-14(17)12-6-4-11(9-15)5-7-12/h2-8,10H,9H2,1H3,(H,16,17)/t10-/m1/s1. The molecule has 0 aliphatic carbocycles. The number of halogens is 1. The topological polar surface area (TPSA) is 29.1 Å². The summed E-state index contributed by atoms with van der Waals surface area (Å²) in [6.07, 6.45) is 0. The molecule has 0 bridgehead atoms. The van der Waals surface area contributed by atoms with Crippen LogP contribution in [0.3, 0.4) is 0 Å². The van der Waals surface area contributed by atoms with E-state index in [-0.39, 0.29) is 11.9 Å². The van der Waals surface area contributed by atoms with E-state index in [0.717, 1.165) is 10.9 Å². The van der Waals surface area contributed by atoms with Gasteiger partial charge in [0.1, 0.15) is 0 Å². The Morgan fingerprint density at radius 1 is 1.33 bits per heavy atom. The first-order chi connectivity index (χ1) is 8.70. The van der Waals surface area contributed by atoms with Crippen molar-refractivity contribution in [3.8, 4) is 0 Å². The van der Waals surface area contributed by atoms with Crippen molar-refractivity contribution in [1.29, 1.82) is 0 Å². The van der Waals surface area contributed by atoms with Crippen LogP contribution < -0.4 is 5.32 Å². The number of rotatable bonds is 4. The van der Waals surface area contributed by atoms with Crippen LogP contribution in [-0.2, 0) is 5.33 Å². The molecule has 2 aromatic rings. The number of thiophene rings is 1. The molecule has 18 heavy (non-hydrogen) atoms. The molecule has 0 unspecified atom stereocenters. The van der Waals surface area contributed by atoms with Gasteiger partial charge >= 0.3 is 0 Å². The Hall–Kier alpha value is -1.13. The molecule has 1 aromatic heterocycles. The third kappa shape index (κ3) is 3.21. The summed E-state index contributed by atoms with van der Waals surface area (Å²) in [5, 5.41) is 5.82. The average molecular weight is 324 g/mol. The molecule has 0 saturated heterocycles. The number of hydrogen-bond acceptors (Lipinski definition) is 2. The number of hydrogen-bond donors (Lipinski definition) is 1. The molecule has 2 rings (SSSR count). The van der Waals surface area contributed by atoms with Crippen molar-refractivity contribution < 1.29 is 4.79 Å². The highest BCUT2D eigenvalue weighted by atomic mass is 79.9. The minimum atomic E-state index is -0.0305. The molecule has 0 aliphatic rings. The molecule has 0 aliphatic heterocycles. The maximum Gasteiger partial charge on any atom is 0.251 e. The van der Waals surface area contributed by atoms with Crippen molar-refractivity contribution in [3.63, 3.8) is 0 Å². The van der Waals surface area contributed by atoms with Crippen LogP contribution in [0.1, 0.15) is 33.8 Å². The van der Waals surface area contributed by atoms with Gasteiger partial charge in [0, 0.05) is 15.8 Å². The van der Waals surface area contributed by atoms with Crippen molar-refractivity contribution >= 4 is 33.2 Å². The van der Waals surface area contributed by atoms with Crippen LogP contribution in [0.5, 0.6) is 0 Å². The second-order valence-corrected chi connectivity index (χ2v) is 5.58. The molecule has 1 N–H and O–H groups in total. The highest BCUT2D eigenvalue weighted by Crippen LogP contribution is 2.18. The zero-order valence-corrected chi connectivity index (χ0v) is 12.4. The lowest BCUT2D eigenvalue weighted by atomic mass is 10.1. The van der Waals surface area contributed by atoms with Crippen molar-refractivity contribution in [2.24, 2.45) is 0 Å². The molecule has 94 valence electrons. The van der Waals surface area contributed by atoms with Crippen molar-refractivity contribution in [3.05, 3.63) is 57.8 Å². The Bertz CT molecular complexity index is 507. The largest absolute Gasteiger partial charge is 0.345 e. The van der Waals surface area contributed by atoms with Crippen LogP contribution in [0.25, 0.3) is 0 Å². The van der Waals surface area contributed by atoms with Gasteiger partial charge in [-0.2, -0.15) is 0 Å². The summed E-state index contributed by atoms with van der Waals surface area (Å²) in [6, 6.07) is 11.7. The van der Waals surface area contributed by atoms with Crippen molar-refractivity contribution in [2.75, 3.05) is 0 Å². The van der Waals surface area contributed by atoms with E-state index in [1.165, 1.54) is 4.88 Å². The van der Waals surface area contributed by atoms with Crippen LogP contribution in [0, 0.1) is 0 Å². The molecule has 1 heterocycles. The minimum absolute atomic E-state index is 0.0305. The first-order valence-corrected chi connectivity index (χ1v) is 7.70. The fraction of sp³-hybridized carbons (Fsp3) is 0.214. The second-order valence-electron chi connectivity index (χ2n) is 4.04. The van der Waals surface area contributed by atoms with Crippen LogP contribution in [-0.4, -0.2) is 5.91 Å². The Morgan fingerprint density at radius 2 is 2.06 bits per heavy atom. The molecular weight excluding hydrogens is 310 g/mol. The van der Waals surface area contributed by atoms with Crippen LogP contribution >= 0.6 is 27.3 Å². The monoisotopic (exact) mass is 323 g/mol. The predicted octanol–water partition coefficient (Wildman–Crippen LogP) is 4.13. The maximum atomic E-state index is 12.0. The maximum absolute atomic E-state index is 12.0. The molecule has 0 spiro atoms. The zero-order valence-electron chi connectivity index (χ0n) is 10.0. The number of alkyl halides is 1. The van der Waals surface area contributed by atoms with Gasteiger partial charge in [0.25, 0.3) is 5.91 Å². The Morgan fingerprint density at radius 3 is 2.61 bits per heavy atom. The van der Waals surface area contributed by atoms with E-state index in [9.17, 15) is 4.79 Å². The molecular formula is C14H14BrNOS. The molecule has 2 nitrogen and oxygen atoms in total. The van der Waals surface area contributed by atoms with Gasteiger partial charge in [0.15, 0.2) is 0 Å². The number of carbonyl (C=O) groups excluding carboxylic acids is 1. The smallest absolute Gasteiger partial charge is 0.251 e. The van der Waals surface area contributed by atoms with Gasteiger partial charge in [0.05, 0.1) is 6.04 Å². The summed E-state index contributed by atoms with van der Waals surface area (Å²) in [7, 11) is 0. The molecule has 1 aromatic carbocycles. The first kappa shape index (κ1) is 13.3. The highest BCUT2D eigenvalue weighted by Gasteiger charge is 2.11. The fourth-order valence-electron chi connectivity index (χ4n) is 1.63. The second kappa shape index (κ2) is 6.16. The number of amides is 1. The van der Waals surface area contributed by atoms with E-state index in [2.05, 4.69) is 21.2 Å². The summed E-state index contributed by atoms with van der Waals surface area (Å²) in [5.41, 5.74) is 1.86. The summed E-state index contributed by atoms with van der Waals surface area (Å²) < 4.78 is 0. The van der Waals surface area contributed by atoms with Crippen LogP contribution in [0.4, 0.5) is 0 Å². The van der Waals surface area contributed by atoms with Gasteiger partial charge in [-0.15, -0.1) is 11.3 Å². The average Bonchev–Trinajstić information content (AvgIpc) is 2.92. The number of benzene rings is 1. The molecule has 0 radical (unpaired) electrons. The summed E-state index contributed by atoms with van der Waals surface area (Å²) in [5.74, 6) is -0.0305. The SMILES string of the molecule is C[C@@H](NC(=O)c1ccc(CBr)cc1)c1cccs1. The van der Waals surface area contributed by atoms with Gasteiger partial charge in [0.2, 0.25) is 0 Å². The third-order valence-corrected chi connectivity index (χ3v) is 4.39. The van der Waals surface area contributed by atoms with Gasteiger partial charge < -0.3 is 5.32 Å². The summed E-state index contributed by atoms with van der Waals surface area (Å²) in [6.45, 7) is 2.00. The third-order valence-electron chi connectivity index (χ3n) is 2.69. The number of carbonyl (C=O) groups is 1. The van der Waals surface area contributed by atoms with E-state index in [1.807, 2.05) is 48.7 Å². The Labute approximate surface area is 119 Å². The Kier molecular flexibility index (Phi) is 4.55. The van der Waals surface area contributed by atoms with Gasteiger partial charge in [-0.05, 0) is 36.1 Å². The molecule has 1 amide bonds. The molecule has 0 fully saturated rings. The Balaban J connectivity index is 2.03. The van der Waals surface area contributed by atoms with E-state index >= 15 is 0 Å². The zero-order chi connectivity index (χ0) is 13.0. The van der Waals surface area contributed by atoms with E-state index in [4.69, 9.17) is 0 Å². The summed E-state index contributed by atoms with van der Waals surface area (Å²) >= 11 is 5.04. The first-order valence-electron chi connectivity index (χ1n) is 5.70. The van der Waals surface area contributed by atoms with Gasteiger partial charge in [-0.3, -0.25) is 4.79 Å². The molecule has 1 atom stereocenters. The lowest BCUT2D eigenvalue weighted by Gasteiger charge is -2.12. The fourth-order valence-corrected chi connectivity index (χ4v) is 2.74.